The number of hydrogen-bond acceptors (Lipinski definition) is 3. The molecule has 1 aromatic rings. The maximum absolute atomic E-state index is 4.75. The number of rotatable bonds is 4. The van der Waals surface area contributed by atoms with E-state index in [2.05, 4.69) is 50.8 Å². The molecule has 2 aliphatic rings. The third-order valence-electron chi connectivity index (χ3n) is 4.90. The normalized spacial score (nSPS) is 22.5. The molecule has 1 aliphatic carbocycles. The van der Waals surface area contributed by atoms with Gasteiger partial charge in [0, 0.05) is 37.3 Å². The summed E-state index contributed by atoms with van der Waals surface area (Å²) in [5, 5.41) is 8.97. The number of hydrogen-bond donors (Lipinski definition) is 1. The van der Waals surface area contributed by atoms with Crippen LogP contribution in [0.2, 0.25) is 0 Å². The van der Waals surface area contributed by atoms with Crippen LogP contribution in [0.5, 0.6) is 0 Å². The van der Waals surface area contributed by atoms with Crippen molar-refractivity contribution in [1.29, 1.82) is 0 Å². The fourth-order valence-corrected chi connectivity index (χ4v) is 4.68. The Bertz CT molecular complexity index is 527. The second kappa shape index (κ2) is 9.89. The topological polar surface area (TPSA) is 45.5 Å². The SMILES string of the molecule is CCC1CN(C(=NC)NCc2ccn(C3CCCC3)n2)CCS1.I. The predicted molar refractivity (Wildman–Crippen MR) is 113 cm³/mol. The summed E-state index contributed by atoms with van der Waals surface area (Å²) in [5.74, 6) is 2.20. The Balaban J connectivity index is 0.00000208. The molecule has 1 saturated carbocycles. The van der Waals surface area contributed by atoms with E-state index in [0.29, 0.717) is 6.04 Å². The van der Waals surface area contributed by atoms with Crippen LogP contribution < -0.4 is 5.32 Å². The zero-order valence-corrected chi connectivity index (χ0v) is 17.9. The van der Waals surface area contributed by atoms with E-state index in [4.69, 9.17) is 5.10 Å². The number of aliphatic imine (C=N–C) groups is 1. The molecule has 5 nitrogen and oxygen atoms in total. The largest absolute Gasteiger partial charge is 0.351 e. The summed E-state index contributed by atoms with van der Waals surface area (Å²) >= 11 is 2.09. The van der Waals surface area contributed by atoms with Gasteiger partial charge in [-0.25, -0.2) is 0 Å². The quantitative estimate of drug-likeness (QED) is 0.422. The highest BCUT2D eigenvalue weighted by Gasteiger charge is 2.22. The van der Waals surface area contributed by atoms with Crippen molar-refractivity contribution < 1.29 is 0 Å². The van der Waals surface area contributed by atoms with Gasteiger partial charge in [0.1, 0.15) is 0 Å². The summed E-state index contributed by atoms with van der Waals surface area (Å²) in [5.41, 5.74) is 1.11. The lowest BCUT2D eigenvalue weighted by Gasteiger charge is -2.34. The van der Waals surface area contributed by atoms with Gasteiger partial charge in [0.15, 0.2) is 5.96 Å². The maximum atomic E-state index is 4.75. The molecule has 3 rings (SSSR count). The van der Waals surface area contributed by atoms with Crippen molar-refractivity contribution >= 4 is 41.7 Å². The molecule has 0 spiro atoms. The van der Waals surface area contributed by atoms with Crippen LogP contribution >= 0.6 is 35.7 Å². The second-order valence-electron chi connectivity index (χ2n) is 6.47. The summed E-state index contributed by atoms with van der Waals surface area (Å²) in [6.45, 7) is 5.20. The molecular formula is C17H30IN5S. The smallest absolute Gasteiger partial charge is 0.194 e. The minimum absolute atomic E-state index is 0. The number of halogens is 1. The van der Waals surface area contributed by atoms with E-state index >= 15 is 0 Å². The van der Waals surface area contributed by atoms with E-state index in [0.717, 1.165) is 36.5 Å². The standard InChI is InChI=1S/C17H29N5S.HI/c1-3-16-13-21(10-11-23-16)17(18-2)19-12-14-8-9-22(20-14)15-6-4-5-7-15;/h8-9,15-16H,3-7,10-13H2,1-2H3,(H,18,19);1H. The molecule has 1 unspecified atom stereocenters. The Hall–Kier alpha value is -0.440. The van der Waals surface area contributed by atoms with E-state index in [9.17, 15) is 0 Å². The van der Waals surface area contributed by atoms with Gasteiger partial charge in [-0.3, -0.25) is 9.67 Å². The van der Waals surface area contributed by atoms with Crippen LogP contribution in [-0.2, 0) is 6.54 Å². The van der Waals surface area contributed by atoms with Gasteiger partial charge < -0.3 is 10.2 Å². The number of guanidine groups is 1. The third-order valence-corrected chi connectivity index (χ3v) is 6.27. The molecule has 0 bridgehead atoms. The lowest BCUT2D eigenvalue weighted by Crippen LogP contribution is -2.47. The molecule has 0 aromatic carbocycles. The first-order valence-corrected chi connectivity index (χ1v) is 9.96. The third kappa shape index (κ3) is 5.03. The Morgan fingerprint density at radius 1 is 1.42 bits per heavy atom. The molecule has 7 heteroatoms. The zero-order valence-electron chi connectivity index (χ0n) is 14.8. The van der Waals surface area contributed by atoms with Crippen molar-refractivity contribution in [2.24, 2.45) is 4.99 Å². The summed E-state index contributed by atoms with van der Waals surface area (Å²) in [7, 11) is 1.88. The molecular weight excluding hydrogens is 433 g/mol. The van der Waals surface area contributed by atoms with E-state index in [-0.39, 0.29) is 24.0 Å². The lowest BCUT2D eigenvalue weighted by atomic mass is 10.3. The van der Waals surface area contributed by atoms with Crippen LogP contribution in [0.25, 0.3) is 0 Å². The van der Waals surface area contributed by atoms with Gasteiger partial charge in [0.2, 0.25) is 0 Å². The lowest BCUT2D eigenvalue weighted by molar-refractivity contribution is 0.407. The Labute approximate surface area is 167 Å². The van der Waals surface area contributed by atoms with E-state index in [1.807, 2.05) is 7.05 Å². The van der Waals surface area contributed by atoms with Crippen molar-refractivity contribution in [3.8, 4) is 0 Å². The average molecular weight is 463 g/mol. The van der Waals surface area contributed by atoms with Crippen LogP contribution in [0.3, 0.4) is 0 Å². The molecule has 1 N–H and O–H groups in total. The number of aromatic nitrogens is 2. The Morgan fingerprint density at radius 3 is 2.92 bits per heavy atom. The van der Waals surface area contributed by atoms with E-state index < -0.39 is 0 Å². The van der Waals surface area contributed by atoms with Gasteiger partial charge in [-0.15, -0.1) is 24.0 Å². The summed E-state index contributed by atoms with van der Waals surface area (Å²) < 4.78 is 2.16. The Kier molecular flexibility index (Phi) is 8.19. The van der Waals surface area contributed by atoms with Crippen molar-refractivity contribution in [2.45, 2.75) is 56.9 Å². The van der Waals surface area contributed by atoms with Crippen LogP contribution in [0.15, 0.2) is 17.3 Å². The maximum Gasteiger partial charge on any atom is 0.194 e. The molecule has 24 heavy (non-hydrogen) atoms. The van der Waals surface area contributed by atoms with Crippen molar-refractivity contribution in [1.82, 2.24) is 20.0 Å². The number of nitrogens with zero attached hydrogens (tertiary/aromatic N) is 4. The molecule has 2 fully saturated rings. The first-order chi connectivity index (χ1) is 11.3. The van der Waals surface area contributed by atoms with Crippen molar-refractivity contribution in [2.75, 3.05) is 25.9 Å². The molecule has 0 amide bonds. The molecule has 1 aliphatic heterocycles. The fourth-order valence-electron chi connectivity index (χ4n) is 3.50. The fraction of sp³-hybridized carbons (Fsp3) is 0.765. The molecule has 1 aromatic heterocycles. The van der Waals surface area contributed by atoms with Crippen molar-refractivity contribution in [3.63, 3.8) is 0 Å². The zero-order chi connectivity index (χ0) is 16.1. The summed E-state index contributed by atoms with van der Waals surface area (Å²) in [4.78, 5) is 6.85. The first-order valence-electron chi connectivity index (χ1n) is 8.91. The van der Waals surface area contributed by atoms with Gasteiger partial charge in [-0.05, 0) is 25.3 Å². The van der Waals surface area contributed by atoms with E-state index in [1.165, 1.54) is 37.9 Å². The molecule has 136 valence electrons. The van der Waals surface area contributed by atoms with Gasteiger partial charge in [0.05, 0.1) is 18.3 Å². The average Bonchev–Trinajstić information content (AvgIpc) is 3.27. The summed E-state index contributed by atoms with van der Waals surface area (Å²) in [6, 6.07) is 2.76. The molecule has 1 saturated heterocycles. The second-order valence-corrected chi connectivity index (χ2v) is 7.88. The molecule has 2 heterocycles. The highest BCUT2D eigenvalue weighted by Crippen LogP contribution is 2.28. The first kappa shape index (κ1) is 19.9. The highest BCUT2D eigenvalue weighted by atomic mass is 127. The van der Waals surface area contributed by atoms with Crippen LogP contribution in [-0.4, -0.2) is 51.8 Å². The monoisotopic (exact) mass is 463 g/mol. The van der Waals surface area contributed by atoms with Gasteiger partial charge in [-0.1, -0.05) is 19.8 Å². The highest BCUT2D eigenvalue weighted by molar-refractivity contribution is 14.0. The number of thioether (sulfide) groups is 1. The summed E-state index contributed by atoms with van der Waals surface area (Å²) in [6.07, 6.45) is 8.61. The minimum atomic E-state index is 0. The minimum Gasteiger partial charge on any atom is -0.351 e. The Morgan fingerprint density at radius 2 is 2.21 bits per heavy atom. The van der Waals surface area contributed by atoms with E-state index in [1.54, 1.807) is 0 Å². The van der Waals surface area contributed by atoms with Crippen LogP contribution in [0.4, 0.5) is 0 Å². The van der Waals surface area contributed by atoms with Gasteiger partial charge in [0.25, 0.3) is 0 Å². The van der Waals surface area contributed by atoms with Crippen LogP contribution in [0, 0.1) is 0 Å². The van der Waals surface area contributed by atoms with Crippen LogP contribution in [0.1, 0.15) is 50.8 Å². The van der Waals surface area contributed by atoms with Crippen molar-refractivity contribution in [3.05, 3.63) is 18.0 Å². The number of nitrogens with one attached hydrogen (secondary N) is 1. The van der Waals surface area contributed by atoms with Gasteiger partial charge in [-0.2, -0.15) is 16.9 Å². The van der Waals surface area contributed by atoms with Gasteiger partial charge >= 0.3 is 0 Å². The predicted octanol–water partition coefficient (Wildman–Crippen LogP) is 3.52. The molecule has 0 radical (unpaired) electrons. The molecule has 1 atom stereocenters.